The maximum absolute atomic E-state index is 11.9. The molecule has 1 amide bonds. The van der Waals surface area contributed by atoms with Gasteiger partial charge < -0.3 is 10.6 Å². The number of fused-ring (bicyclic) bond motifs is 1. The quantitative estimate of drug-likeness (QED) is 0.908. The van der Waals surface area contributed by atoms with Gasteiger partial charge in [-0.05, 0) is 12.1 Å². The van der Waals surface area contributed by atoms with Crippen LogP contribution in [0.4, 0.5) is 18.3 Å². The molecule has 19 heavy (non-hydrogen) atoms. The molecule has 1 heterocycles. The van der Waals surface area contributed by atoms with Gasteiger partial charge in [-0.3, -0.25) is 4.79 Å². The second-order valence-corrected chi connectivity index (χ2v) is 4.78. The van der Waals surface area contributed by atoms with Crippen LogP contribution in [0.3, 0.4) is 0 Å². The number of rotatable bonds is 4. The first-order valence-electron chi connectivity index (χ1n) is 5.37. The lowest BCUT2D eigenvalue weighted by molar-refractivity contribution is -0.126. The molecule has 0 radical (unpaired) electrons. The van der Waals surface area contributed by atoms with E-state index in [-0.39, 0.29) is 0 Å². The molecule has 0 aliphatic heterocycles. The third kappa shape index (κ3) is 4.18. The number of hydrogen-bond donors (Lipinski definition) is 2. The van der Waals surface area contributed by atoms with Crippen LogP contribution in [0.15, 0.2) is 24.3 Å². The SMILES string of the molecule is O=C(CNCC(F)(F)F)Nc1nc2ccccc2s1. The van der Waals surface area contributed by atoms with Crippen LogP contribution < -0.4 is 10.6 Å². The topological polar surface area (TPSA) is 54.0 Å². The van der Waals surface area contributed by atoms with Gasteiger partial charge in [0.2, 0.25) is 5.91 Å². The standard InChI is InChI=1S/C11H10F3N3OS/c12-11(13,14)6-15-5-9(18)17-10-16-7-3-1-2-4-8(7)19-10/h1-4,15H,5-6H2,(H,16,17,18). The van der Waals surface area contributed by atoms with Gasteiger partial charge in [0, 0.05) is 0 Å². The highest BCUT2D eigenvalue weighted by atomic mass is 32.1. The highest BCUT2D eigenvalue weighted by Crippen LogP contribution is 2.25. The van der Waals surface area contributed by atoms with Crippen molar-refractivity contribution in [2.24, 2.45) is 0 Å². The number of alkyl halides is 3. The molecule has 2 rings (SSSR count). The van der Waals surface area contributed by atoms with E-state index in [0.29, 0.717) is 5.13 Å². The van der Waals surface area contributed by atoms with E-state index in [1.54, 1.807) is 6.07 Å². The van der Waals surface area contributed by atoms with E-state index >= 15 is 0 Å². The van der Waals surface area contributed by atoms with Crippen molar-refractivity contribution in [2.45, 2.75) is 6.18 Å². The van der Waals surface area contributed by atoms with Gasteiger partial charge in [0.1, 0.15) is 0 Å². The van der Waals surface area contributed by atoms with Gasteiger partial charge in [0.05, 0.1) is 23.3 Å². The number of nitrogens with one attached hydrogen (secondary N) is 2. The van der Waals surface area contributed by atoms with Crippen LogP contribution >= 0.6 is 11.3 Å². The Bertz CT molecular complexity index is 549. The zero-order valence-electron chi connectivity index (χ0n) is 9.62. The number of carbonyl (C=O) groups excluding carboxylic acids is 1. The van der Waals surface area contributed by atoms with Crippen molar-refractivity contribution >= 4 is 32.6 Å². The number of halogens is 3. The Balaban J connectivity index is 1.88. The third-order valence-corrected chi connectivity index (χ3v) is 3.10. The van der Waals surface area contributed by atoms with E-state index < -0.39 is 25.2 Å². The molecule has 1 aromatic carbocycles. The first-order chi connectivity index (χ1) is 8.94. The van der Waals surface area contributed by atoms with Crippen LogP contribution in [0.25, 0.3) is 10.2 Å². The second-order valence-electron chi connectivity index (χ2n) is 3.75. The highest BCUT2D eigenvalue weighted by Gasteiger charge is 2.26. The van der Waals surface area contributed by atoms with Crippen molar-refractivity contribution < 1.29 is 18.0 Å². The molecule has 0 saturated heterocycles. The van der Waals surface area contributed by atoms with E-state index in [0.717, 1.165) is 10.2 Å². The van der Waals surface area contributed by atoms with Gasteiger partial charge in [0.15, 0.2) is 5.13 Å². The van der Waals surface area contributed by atoms with Crippen LogP contribution in [-0.2, 0) is 4.79 Å². The molecule has 2 aromatic rings. The number of amides is 1. The fraction of sp³-hybridized carbons (Fsp3) is 0.273. The lowest BCUT2D eigenvalue weighted by atomic mass is 10.3. The van der Waals surface area contributed by atoms with Gasteiger partial charge >= 0.3 is 6.18 Å². The maximum Gasteiger partial charge on any atom is 0.401 e. The van der Waals surface area contributed by atoms with Crippen molar-refractivity contribution in [1.29, 1.82) is 0 Å². The van der Waals surface area contributed by atoms with Crippen molar-refractivity contribution in [2.75, 3.05) is 18.4 Å². The average molecular weight is 289 g/mol. The monoisotopic (exact) mass is 289 g/mol. The molecule has 0 saturated carbocycles. The predicted molar refractivity (Wildman–Crippen MR) is 67.2 cm³/mol. The molecule has 102 valence electrons. The fourth-order valence-corrected chi connectivity index (χ4v) is 2.29. The predicted octanol–water partition coefficient (Wildman–Crippen LogP) is 2.39. The Morgan fingerprint density at radius 1 is 1.32 bits per heavy atom. The third-order valence-electron chi connectivity index (χ3n) is 2.15. The summed E-state index contributed by atoms with van der Waals surface area (Å²) in [5.74, 6) is -0.552. The minimum Gasteiger partial charge on any atom is -0.301 e. The molecular formula is C11H10F3N3OS. The number of hydrogen-bond acceptors (Lipinski definition) is 4. The van der Waals surface area contributed by atoms with E-state index in [1.807, 2.05) is 23.5 Å². The summed E-state index contributed by atoms with van der Waals surface area (Å²) in [6, 6.07) is 7.31. The molecule has 0 aliphatic rings. The number of anilines is 1. The van der Waals surface area contributed by atoms with Crippen LogP contribution in [0, 0.1) is 0 Å². The Kier molecular flexibility index (Phi) is 4.01. The number of para-hydroxylation sites is 1. The highest BCUT2D eigenvalue weighted by molar-refractivity contribution is 7.22. The van der Waals surface area contributed by atoms with Gasteiger partial charge in [0.25, 0.3) is 0 Å². The zero-order chi connectivity index (χ0) is 13.9. The summed E-state index contributed by atoms with van der Waals surface area (Å²) >= 11 is 1.27. The normalized spacial score (nSPS) is 11.7. The van der Waals surface area contributed by atoms with Crippen molar-refractivity contribution in [3.63, 3.8) is 0 Å². The molecule has 0 bridgehead atoms. The first-order valence-corrected chi connectivity index (χ1v) is 6.18. The van der Waals surface area contributed by atoms with E-state index in [9.17, 15) is 18.0 Å². The maximum atomic E-state index is 11.9. The minimum atomic E-state index is -4.32. The van der Waals surface area contributed by atoms with Crippen molar-refractivity contribution in [3.05, 3.63) is 24.3 Å². The zero-order valence-corrected chi connectivity index (χ0v) is 10.4. The summed E-state index contributed by atoms with van der Waals surface area (Å²) in [7, 11) is 0. The van der Waals surface area contributed by atoms with E-state index in [2.05, 4.69) is 10.3 Å². The lowest BCUT2D eigenvalue weighted by Crippen LogP contribution is -2.35. The molecule has 0 spiro atoms. The molecule has 4 nitrogen and oxygen atoms in total. The molecule has 0 unspecified atom stereocenters. The Hall–Kier alpha value is -1.67. The molecule has 0 fully saturated rings. The van der Waals surface area contributed by atoms with Gasteiger partial charge in [-0.2, -0.15) is 13.2 Å². The summed E-state index contributed by atoms with van der Waals surface area (Å²) < 4.78 is 36.5. The number of nitrogens with zero attached hydrogens (tertiary/aromatic N) is 1. The van der Waals surface area contributed by atoms with Crippen molar-refractivity contribution in [1.82, 2.24) is 10.3 Å². The summed E-state index contributed by atoms with van der Waals surface area (Å²) in [5, 5.41) is 4.85. The number of carbonyl (C=O) groups is 1. The van der Waals surface area contributed by atoms with Crippen LogP contribution in [0.2, 0.25) is 0 Å². The summed E-state index contributed by atoms with van der Waals surface area (Å²) in [6.07, 6.45) is -4.32. The Morgan fingerprint density at radius 2 is 2.05 bits per heavy atom. The molecule has 8 heteroatoms. The lowest BCUT2D eigenvalue weighted by Gasteiger charge is -2.07. The van der Waals surface area contributed by atoms with Crippen LogP contribution in [0.1, 0.15) is 0 Å². The Labute approximate surface area is 110 Å². The number of aromatic nitrogens is 1. The smallest absolute Gasteiger partial charge is 0.301 e. The molecular weight excluding hydrogens is 279 g/mol. The van der Waals surface area contributed by atoms with E-state index in [1.165, 1.54) is 11.3 Å². The van der Waals surface area contributed by atoms with Gasteiger partial charge in [-0.25, -0.2) is 4.98 Å². The fourth-order valence-electron chi connectivity index (χ4n) is 1.41. The Morgan fingerprint density at radius 3 is 2.74 bits per heavy atom. The van der Waals surface area contributed by atoms with Crippen LogP contribution in [0.5, 0.6) is 0 Å². The van der Waals surface area contributed by atoms with Crippen molar-refractivity contribution in [3.8, 4) is 0 Å². The number of benzene rings is 1. The summed E-state index contributed by atoms with van der Waals surface area (Å²) in [6.45, 7) is -1.60. The first kappa shape index (κ1) is 13.8. The van der Waals surface area contributed by atoms with Gasteiger partial charge in [-0.15, -0.1) is 0 Å². The molecule has 2 N–H and O–H groups in total. The molecule has 0 atom stereocenters. The number of thiazole rings is 1. The minimum absolute atomic E-state index is 0.375. The average Bonchev–Trinajstić information content (AvgIpc) is 2.68. The van der Waals surface area contributed by atoms with E-state index in [4.69, 9.17) is 0 Å². The summed E-state index contributed by atoms with van der Waals surface area (Å²) in [4.78, 5) is 15.5. The summed E-state index contributed by atoms with van der Waals surface area (Å²) in [5.41, 5.74) is 0.742. The molecule has 0 aliphatic carbocycles. The van der Waals surface area contributed by atoms with Gasteiger partial charge in [-0.1, -0.05) is 23.5 Å². The molecule has 1 aromatic heterocycles. The van der Waals surface area contributed by atoms with Crippen LogP contribution in [-0.4, -0.2) is 30.2 Å². The largest absolute Gasteiger partial charge is 0.401 e. The second kappa shape index (κ2) is 5.54.